The minimum atomic E-state index is -4.84. The molecule has 6 rings (SSSR count). The van der Waals surface area contributed by atoms with Gasteiger partial charge in [0.1, 0.15) is 23.9 Å². The first-order valence-corrected chi connectivity index (χ1v) is 22.5. The van der Waals surface area contributed by atoms with Crippen LogP contribution in [0.2, 0.25) is 0 Å². The van der Waals surface area contributed by atoms with Crippen LogP contribution in [0, 0.1) is 37.0 Å². The third-order valence-electron chi connectivity index (χ3n) is 10.9. The summed E-state index contributed by atoms with van der Waals surface area (Å²) >= 11 is 0. The van der Waals surface area contributed by atoms with E-state index in [0.29, 0.717) is 32.1 Å². The first kappa shape index (κ1) is 58.9. The smallest absolute Gasteiger partial charge is 0.405 e. The Morgan fingerprint density at radius 1 is 0.708 bits per heavy atom. The molecule has 0 atom stereocenters. The van der Waals surface area contributed by atoms with E-state index in [1.54, 1.807) is 19.1 Å². The van der Waals surface area contributed by atoms with Crippen molar-refractivity contribution in [1.82, 2.24) is 30.6 Å². The Kier molecular flexibility index (Phi) is 23.8. The fourth-order valence-corrected chi connectivity index (χ4v) is 7.33. The lowest BCUT2D eigenvalue weighted by atomic mass is 9.86. The van der Waals surface area contributed by atoms with E-state index in [2.05, 4.69) is 66.5 Å². The summed E-state index contributed by atoms with van der Waals surface area (Å²) in [5, 5.41) is 42.5. The van der Waals surface area contributed by atoms with Crippen molar-refractivity contribution < 1.29 is 50.5 Å². The normalized spacial score (nSPS) is 17.3. The van der Waals surface area contributed by atoms with Gasteiger partial charge in [0.05, 0.1) is 16.4 Å². The molecule has 22 nitrogen and oxygen atoms in total. The van der Waals surface area contributed by atoms with E-state index in [0.717, 1.165) is 63.8 Å². The predicted molar refractivity (Wildman–Crippen MR) is 256 cm³/mol. The molecule has 2 aromatic carbocycles. The van der Waals surface area contributed by atoms with E-state index in [-0.39, 0.29) is 102 Å². The number of halogens is 6. The van der Waals surface area contributed by atoms with E-state index in [9.17, 15) is 51.4 Å². The number of hydrogen-bond acceptors (Lipinski definition) is 18. The van der Waals surface area contributed by atoms with Crippen molar-refractivity contribution in [2.24, 2.45) is 22.7 Å². The van der Waals surface area contributed by atoms with Crippen LogP contribution in [-0.2, 0) is 13.1 Å². The van der Waals surface area contributed by atoms with Gasteiger partial charge in [-0.2, -0.15) is 14.9 Å². The number of alkyl halides is 6. The van der Waals surface area contributed by atoms with E-state index in [1.165, 1.54) is 36.4 Å². The van der Waals surface area contributed by atoms with Gasteiger partial charge in [-0.05, 0) is 89.2 Å². The first-order chi connectivity index (χ1) is 33.8. The Hall–Kier alpha value is -7.39. The van der Waals surface area contributed by atoms with Crippen LogP contribution in [0.25, 0.3) is 0 Å². The Morgan fingerprint density at radius 3 is 1.49 bits per heavy atom. The van der Waals surface area contributed by atoms with Crippen LogP contribution in [0.15, 0.2) is 66.1 Å². The number of ether oxygens (including phenoxy) is 2. The SMILES string of the molecule is C.CCN=O.CCNC(=O)NC1CCC(CNc2nc(NCc3ccccc3OC(F)(F)F)ncc2[N+](=O)[O-])CC1.NC1CCC(CNc2nc(NCc3ccccc3OC(F)(F)F)ncc2[N+](=O)[O-])CC1. The van der Waals surface area contributed by atoms with E-state index < -0.39 is 22.6 Å². The van der Waals surface area contributed by atoms with Gasteiger partial charge in [-0.25, -0.2) is 14.8 Å². The van der Waals surface area contributed by atoms with Gasteiger partial charge in [0.2, 0.25) is 23.5 Å². The maximum atomic E-state index is 12.6. The topological polar surface area (TPSA) is 301 Å². The number of nitrogens with zero attached hydrogens (tertiary/aromatic N) is 7. The standard InChI is InChI=1S/C22H28F3N7O4.C19H23F3N6O3.C2H5NO.CH4/c1-2-26-21(33)30-16-9-7-14(8-10-16)11-27-19-17(32(34)35)13-29-20(31-19)28-12-15-5-3-4-6-18(15)36-22(23,24)25;20-19(21,22)31-16-4-2-1-3-13(16)10-25-18-26-11-15(28(29)30)17(27-18)24-9-12-5-7-14(23)8-6-12;1-2-3-4;/h3-6,13-14,16H,2,7-12H2,1H3,(H2,26,30,33)(H2,27,28,29,31);1-4,11-12,14H,5-10,23H2,(H2,24,25,26,27);2H2,1H3;1H4. The lowest BCUT2D eigenvalue weighted by Crippen LogP contribution is -2.43. The molecule has 4 aromatic rings. The van der Waals surface area contributed by atoms with Crippen LogP contribution in [0.5, 0.6) is 11.5 Å². The molecule has 0 spiro atoms. The lowest BCUT2D eigenvalue weighted by Gasteiger charge is -2.29. The third kappa shape index (κ3) is 20.9. The average molecular weight is 1030 g/mol. The number of urea groups is 1. The monoisotopic (exact) mass is 1030 g/mol. The molecular weight excluding hydrogens is 967 g/mol. The van der Waals surface area contributed by atoms with Crippen molar-refractivity contribution in [1.29, 1.82) is 0 Å². The number of aromatic nitrogens is 4. The second kappa shape index (κ2) is 29.1. The molecule has 72 heavy (non-hydrogen) atoms. The summed E-state index contributed by atoms with van der Waals surface area (Å²) in [5.41, 5.74) is 5.76. The molecule has 8 N–H and O–H groups in total. The number of carbonyl (C=O) groups is 1. The molecule has 0 radical (unpaired) electrons. The minimum absolute atomic E-state index is 0. The molecule has 2 heterocycles. The number of nitrogens with two attached hydrogens (primary N) is 1. The molecule has 2 aromatic heterocycles. The van der Waals surface area contributed by atoms with Gasteiger partial charge in [0, 0.05) is 55.9 Å². The molecule has 0 aliphatic heterocycles. The van der Waals surface area contributed by atoms with Crippen molar-refractivity contribution in [3.8, 4) is 11.5 Å². The van der Waals surface area contributed by atoms with Crippen LogP contribution in [-0.4, -0.2) is 86.8 Å². The summed E-state index contributed by atoms with van der Waals surface area (Å²) in [6, 6.07) is 11.4. The molecule has 0 saturated heterocycles. The molecule has 2 fully saturated rings. The van der Waals surface area contributed by atoms with E-state index in [1.807, 2.05) is 6.92 Å². The van der Waals surface area contributed by atoms with Gasteiger partial charge < -0.3 is 47.1 Å². The summed E-state index contributed by atoms with van der Waals surface area (Å²) in [7, 11) is 0. The second-order valence-corrected chi connectivity index (χ2v) is 16.1. The number of anilines is 4. The molecule has 0 unspecified atom stereocenters. The second-order valence-electron chi connectivity index (χ2n) is 16.1. The van der Waals surface area contributed by atoms with E-state index >= 15 is 0 Å². The number of nitro groups is 2. The number of nitrogens with one attached hydrogen (secondary N) is 6. The van der Waals surface area contributed by atoms with Crippen LogP contribution in [0.4, 0.5) is 66.0 Å². The zero-order valence-corrected chi connectivity index (χ0v) is 38.7. The lowest BCUT2D eigenvalue weighted by molar-refractivity contribution is -0.384. The number of carbonyl (C=O) groups excluding carboxylic acids is 1. The maximum Gasteiger partial charge on any atom is 0.573 e. The predicted octanol–water partition coefficient (Wildman–Crippen LogP) is 9.42. The molecule has 396 valence electrons. The summed E-state index contributed by atoms with van der Waals surface area (Å²) in [4.78, 5) is 58.3. The summed E-state index contributed by atoms with van der Waals surface area (Å²) in [5.74, 6) is -0.0300. The largest absolute Gasteiger partial charge is 0.573 e. The quantitative estimate of drug-likeness (QED) is 0.0199. The molecule has 0 bridgehead atoms. The highest BCUT2D eigenvalue weighted by atomic mass is 19.4. The number of benzene rings is 2. The molecule has 2 aliphatic rings. The number of para-hydroxylation sites is 2. The van der Waals surface area contributed by atoms with Crippen LogP contribution >= 0.6 is 0 Å². The van der Waals surface area contributed by atoms with Crippen LogP contribution in [0.1, 0.15) is 83.8 Å². The van der Waals surface area contributed by atoms with Gasteiger partial charge in [-0.1, -0.05) is 49.0 Å². The van der Waals surface area contributed by atoms with Gasteiger partial charge in [0.15, 0.2) is 0 Å². The zero-order chi connectivity index (χ0) is 52.0. The van der Waals surface area contributed by atoms with Crippen LogP contribution in [0.3, 0.4) is 0 Å². The number of nitroso groups, excluding NO2 is 1. The highest BCUT2D eigenvalue weighted by Crippen LogP contribution is 2.31. The van der Waals surface area contributed by atoms with E-state index in [4.69, 9.17) is 10.6 Å². The van der Waals surface area contributed by atoms with Gasteiger partial charge in [0.25, 0.3) is 0 Å². The summed E-state index contributed by atoms with van der Waals surface area (Å²) in [6.45, 7) is 5.27. The van der Waals surface area contributed by atoms with Crippen molar-refractivity contribution >= 4 is 40.9 Å². The zero-order valence-electron chi connectivity index (χ0n) is 38.7. The third-order valence-corrected chi connectivity index (χ3v) is 10.9. The maximum absolute atomic E-state index is 12.6. The number of amides is 2. The van der Waals surface area contributed by atoms with Gasteiger partial charge >= 0.3 is 30.1 Å². The molecule has 2 saturated carbocycles. The molecule has 28 heteroatoms. The van der Waals surface area contributed by atoms with Gasteiger partial charge in [-0.3, -0.25) is 20.2 Å². The minimum Gasteiger partial charge on any atom is -0.405 e. The summed E-state index contributed by atoms with van der Waals surface area (Å²) < 4.78 is 83.7. The molecular formula is C44H60F6N14O8. The van der Waals surface area contributed by atoms with Crippen LogP contribution < -0.4 is 47.1 Å². The van der Waals surface area contributed by atoms with Crippen molar-refractivity contribution in [2.45, 2.75) is 111 Å². The Balaban J connectivity index is 0.000000352. The Bertz CT molecular complexity index is 2340. The Morgan fingerprint density at radius 2 is 1.11 bits per heavy atom. The highest BCUT2D eigenvalue weighted by molar-refractivity contribution is 5.74. The summed E-state index contributed by atoms with van der Waals surface area (Å²) in [6.07, 6.45) is -0.655. The fraction of sp³-hybridized carbons (Fsp3) is 0.523. The molecule has 2 aliphatic carbocycles. The number of hydrogen-bond donors (Lipinski definition) is 7. The first-order valence-electron chi connectivity index (χ1n) is 22.5. The fourth-order valence-electron chi connectivity index (χ4n) is 7.33. The van der Waals surface area contributed by atoms with Crippen molar-refractivity contribution in [3.05, 3.63) is 97.2 Å². The Labute approximate surface area is 410 Å². The average Bonchev–Trinajstić information content (AvgIpc) is 3.32. The highest BCUT2D eigenvalue weighted by Gasteiger charge is 2.33. The van der Waals surface area contributed by atoms with Crippen molar-refractivity contribution in [3.63, 3.8) is 0 Å². The number of rotatable bonds is 19. The molecule has 2 amide bonds. The van der Waals surface area contributed by atoms with Crippen molar-refractivity contribution in [2.75, 3.05) is 47.4 Å². The van der Waals surface area contributed by atoms with Gasteiger partial charge in [-0.15, -0.1) is 26.3 Å².